The molecule has 0 radical (unpaired) electrons. The monoisotopic (exact) mass is 260 g/mol. The summed E-state index contributed by atoms with van der Waals surface area (Å²) in [6.07, 6.45) is 3.08. The number of amides is 1. The molecule has 0 aliphatic rings. The molecular formula is C12H12N4O3. The Bertz CT molecular complexity index is 621. The first-order valence-corrected chi connectivity index (χ1v) is 5.45. The highest BCUT2D eigenvalue weighted by Crippen LogP contribution is 2.09. The highest BCUT2D eigenvalue weighted by atomic mass is 16.5. The van der Waals surface area contributed by atoms with Crippen molar-refractivity contribution in [2.75, 3.05) is 12.4 Å². The summed E-state index contributed by atoms with van der Waals surface area (Å²) in [7, 11) is 3.00. The first-order valence-electron chi connectivity index (χ1n) is 5.45. The normalized spacial score (nSPS) is 10.0. The van der Waals surface area contributed by atoms with Crippen LogP contribution in [0.2, 0.25) is 0 Å². The Kier molecular flexibility index (Phi) is 3.56. The lowest BCUT2D eigenvalue weighted by Crippen LogP contribution is -2.14. The van der Waals surface area contributed by atoms with Gasteiger partial charge in [0.25, 0.3) is 5.91 Å². The van der Waals surface area contributed by atoms with Gasteiger partial charge in [0.1, 0.15) is 5.82 Å². The Morgan fingerprint density at radius 2 is 2.16 bits per heavy atom. The molecule has 1 amide bonds. The average Bonchev–Trinajstić information content (AvgIpc) is 2.85. The summed E-state index contributed by atoms with van der Waals surface area (Å²) in [5, 5.41) is 6.52. The van der Waals surface area contributed by atoms with Gasteiger partial charge in [-0.2, -0.15) is 5.10 Å². The number of ether oxygens (including phenoxy) is 1. The van der Waals surface area contributed by atoms with Gasteiger partial charge >= 0.3 is 5.97 Å². The Morgan fingerprint density at radius 3 is 2.79 bits per heavy atom. The van der Waals surface area contributed by atoms with Crippen LogP contribution in [0.4, 0.5) is 5.82 Å². The molecule has 0 aliphatic heterocycles. The topological polar surface area (TPSA) is 86.1 Å². The molecule has 0 aliphatic carbocycles. The molecule has 2 rings (SSSR count). The minimum absolute atomic E-state index is 0.263. The van der Waals surface area contributed by atoms with Crippen molar-refractivity contribution < 1.29 is 14.3 Å². The van der Waals surface area contributed by atoms with Crippen molar-refractivity contribution in [3.8, 4) is 0 Å². The maximum Gasteiger partial charge on any atom is 0.338 e. The van der Waals surface area contributed by atoms with Crippen LogP contribution in [-0.4, -0.2) is 33.8 Å². The van der Waals surface area contributed by atoms with Crippen LogP contribution in [0.25, 0.3) is 0 Å². The van der Waals surface area contributed by atoms with E-state index in [0.717, 1.165) is 0 Å². The number of hydrogen-bond acceptors (Lipinski definition) is 5. The number of anilines is 1. The number of nitrogens with zero attached hydrogens (tertiary/aromatic N) is 3. The predicted molar refractivity (Wildman–Crippen MR) is 66.7 cm³/mol. The molecular weight excluding hydrogens is 248 g/mol. The molecule has 0 unspecified atom stereocenters. The first-order chi connectivity index (χ1) is 9.10. The minimum Gasteiger partial charge on any atom is -0.465 e. The second-order valence-corrected chi connectivity index (χ2v) is 3.75. The zero-order valence-corrected chi connectivity index (χ0v) is 10.5. The van der Waals surface area contributed by atoms with Gasteiger partial charge in [0.2, 0.25) is 0 Å². The number of hydrogen-bond donors (Lipinski definition) is 1. The Balaban J connectivity index is 2.15. The summed E-state index contributed by atoms with van der Waals surface area (Å²) in [5.74, 6) is -0.621. The Labute approximate surface area is 109 Å². The second-order valence-electron chi connectivity index (χ2n) is 3.75. The van der Waals surface area contributed by atoms with Crippen molar-refractivity contribution in [2.24, 2.45) is 7.05 Å². The minimum atomic E-state index is -0.490. The zero-order valence-electron chi connectivity index (χ0n) is 10.5. The van der Waals surface area contributed by atoms with Gasteiger partial charge in [-0.15, -0.1) is 0 Å². The van der Waals surface area contributed by atoms with Gasteiger partial charge < -0.3 is 10.1 Å². The number of esters is 1. The number of rotatable bonds is 3. The largest absolute Gasteiger partial charge is 0.465 e. The van der Waals surface area contributed by atoms with Crippen LogP contribution >= 0.6 is 0 Å². The maximum absolute atomic E-state index is 11.8. The number of aryl methyl sites for hydroxylation is 1. The number of nitrogens with one attached hydrogen (secondary N) is 1. The van der Waals surface area contributed by atoms with Crippen LogP contribution in [0, 0.1) is 0 Å². The lowest BCUT2D eigenvalue weighted by atomic mass is 10.2. The molecule has 0 spiro atoms. The van der Waals surface area contributed by atoms with E-state index in [4.69, 9.17) is 0 Å². The molecule has 0 saturated heterocycles. The van der Waals surface area contributed by atoms with E-state index in [2.05, 4.69) is 20.1 Å². The summed E-state index contributed by atoms with van der Waals surface area (Å²) in [4.78, 5) is 27.1. The highest BCUT2D eigenvalue weighted by molar-refractivity contribution is 6.02. The molecule has 1 N–H and O–H groups in total. The third-order valence-corrected chi connectivity index (χ3v) is 2.37. The van der Waals surface area contributed by atoms with E-state index in [9.17, 15) is 9.59 Å². The van der Waals surface area contributed by atoms with Crippen LogP contribution in [0.1, 0.15) is 20.8 Å². The van der Waals surface area contributed by atoms with E-state index in [1.807, 2.05) is 0 Å². The Hall–Kier alpha value is -2.70. The van der Waals surface area contributed by atoms with Crippen LogP contribution in [-0.2, 0) is 11.8 Å². The van der Waals surface area contributed by atoms with Gasteiger partial charge in [-0.3, -0.25) is 9.48 Å². The van der Waals surface area contributed by atoms with E-state index < -0.39 is 11.9 Å². The number of carbonyl (C=O) groups is 2. The Morgan fingerprint density at radius 1 is 1.37 bits per heavy atom. The van der Waals surface area contributed by atoms with Gasteiger partial charge in [0.05, 0.1) is 12.7 Å². The van der Waals surface area contributed by atoms with Crippen LogP contribution < -0.4 is 5.32 Å². The lowest BCUT2D eigenvalue weighted by Gasteiger charge is -2.04. The highest BCUT2D eigenvalue weighted by Gasteiger charge is 2.11. The summed E-state index contributed by atoms with van der Waals surface area (Å²) in [6, 6.07) is 4.52. The van der Waals surface area contributed by atoms with Gasteiger partial charge in [0, 0.05) is 19.4 Å². The standard InChI is InChI=1S/C12H12N4O3/c1-16-6-4-9(15-16)11(17)14-10-7-8(3-5-13-10)12(18)19-2/h3-7H,1-2H3,(H,13,14,17). The van der Waals surface area contributed by atoms with Crippen molar-refractivity contribution >= 4 is 17.7 Å². The number of pyridine rings is 1. The summed E-state index contributed by atoms with van der Waals surface area (Å²) < 4.78 is 6.11. The van der Waals surface area contributed by atoms with Crippen LogP contribution in [0.3, 0.4) is 0 Å². The van der Waals surface area contributed by atoms with Gasteiger partial charge in [-0.25, -0.2) is 9.78 Å². The van der Waals surface area contributed by atoms with Crippen molar-refractivity contribution in [2.45, 2.75) is 0 Å². The zero-order chi connectivity index (χ0) is 13.8. The quantitative estimate of drug-likeness (QED) is 0.827. The average molecular weight is 260 g/mol. The SMILES string of the molecule is COC(=O)c1ccnc(NC(=O)c2ccn(C)n2)c1. The molecule has 0 atom stereocenters. The van der Waals surface area contributed by atoms with E-state index >= 15 is 0 Å². The van der Waals surface area contributed by atoms with E-state index in [1.165, 1.54) is 30.1 Å². The fourth-order valence-electron chi connectivity index (χ4n) is 1.46. The van der Waals surface area contributed by atoms with Crippen molar-refractivity contribution in [1.82, 2.24) is 14.8 Å². The second kappa shape index (κ2) is 5.30. The maximum atomic E-state index is 11.8. The molecule has 2 aromatic heterocycles. The van der Waals surface area contributed by atoms with E-state index in [1.54, 1.807) is 19.3 Å². The first kappa shape index (κ1) is 12.7. The van der Waals surface area contributed by atoms with E-state index in [-0.39, 0.29) is 11.5 Å². The predicted octanol–water partition coefficient (Wildman–Crippen LogP) is 0.854. The number of aromatic nitrogens is 3. The smallest absolute Gasteiger partial charge is 0.338 e. The molecule has 98 valence electrons. The van der Waals surface area contributed by atoms with Gasteiger partial charge in [0.15, 0.2) is 5.69 Å². The molecule has 2 aromatic rings. The molecule has 0 bridgehead atoms. The van der Waals surface area contributed by atoms with Gasteiger partial charge in [-0.05, 0) is 18.2 Å². The number of methoxy groups -OCH3 is 1. The molecule has 19 heavy (non-hydrogen) atoms. The summed E-state index contributed by atoms with van der Waals surface area (Å²) >= 11 is 0. The lowest BCUT2D eigenvalue weighted by molar-refractivity contribution is 0.0600. The van der Waals surface area contributed by atoms with Crippen molar-refractivity contribution in [1.29, 1.82) is 0 Å². The fourth-order valence-corrected chi connectivity index (χ4v) is 1.46. The molecule has 2 heterocycles. The van der Waals surface area contributed by atoms with Crippen molar-refractivity contribution in [3.63, 3.8) is 0 Å². The molecule has 0 fully saturated rings. The molecule has 7 nitrogen and oxygen atoms in total. The van der Waals surface area contributed by atoms with Crippen LogP contribution in [0.5, 0.6) is 0 Å². The fraction of sp³-hybridized carbons (Fsp3) is 0.167. The number of carbonyl (C=O) groups excluding carboxylic acids is 2. The summed E-state index contributed by atoms with van der Waals surface area (Å²) in [5.41, 5.74) is 0.585. The third kappa shape index (κ3) is 2.95. The summed E-state index contributed by atoms with van der Waals surface area (Å²) in [6.45, 7) is 0. The molecule has 0 saturated carbocycles. The van der Waals surface area contributed by atoms with Crippen molar-refractivity contribution in [3.05, 3.63) is 41.9 Å². The van der Waals surface area contributed by atoms with Crippen LogP contribution in [0.15, 0.2) is 30.6 Å². The molecule has 7 heteroatoms. The van der Waals surface area contributed by atoms with E-state index in [0.29, 0.717) is 5.56 Å². The molecule has 0 aromatic carbocycles. The van der Waals surface area contributed by atoms with Gasteiger partial charge in [-0.1, -0.05) is 0 Å². The third-order valence-electron chi connectivity index (χ3n) is 2.37.